The number of hydrogen-bond donors (Lipinski definition) is 1. The molecule has 2 heterocycles. The van der Waals surface area contributed by atoms with Crippen molar-refractivity contribution < 1.29 is 4.74 Å². The van der Waals surface area contributed by atoms with E-state index in [1.165, 1.54) is 5.75 Å². The number of thioether (sulfide) groups is 1. The molecule has 0 saturated carbocycles. The average Bonchev–Trinajstić information content (AvgIpc) is 2.43. The summed E-state index contributed by atoms with van der Waals surface area (Å²) >= 11 is 1.99. The van der Waals surface area contributed by atoms with E-state index >= 15 is 0 Å². The van der Waals surface area contributed by atoms with Gasteiger partial charge in [0.05, 0.1) is 7.11 Å². The van der Waals surface area contributed by atoms with Gasteiger partial charge in [0.15, 0.2) is 0 Å². The maximum atomic E-state index is 6.43. The molecule has 5 heteroatoms. The van der Waals surface area contributed by atoms with Gasteiger partial charge in [0.2, 0.25) is 0 Å². The van der Waals surface area contributed by atoms with Crippen molar-refractivity contribution in [3.63, 3.8) is 0 Å². The number of rotatable bonds is 4. The number of hydrogen-bond acceptors (Lipinski definition) is 5. The number of nitrogens with two attached hydrogens (primary N) is 1. The summed E-state index contributed by atoms with van der Waals surface area (Å²) in [6, 6.07) is 0.550. The van der Waals surface area contributed by atoms with Crippen LogP contribution in [0.2, 0.25) is 0 Å². The molecular formula is C15H25N3OS. The first-order valence-corrected chi connectivity index (χ1v) is 8.22. The maximum absolute atomic E-state index is 6.43. The highest BCUT2D eigenvalue weighted by Gasteiger charge is 2.26. The molecule has 2 N–H and O–H groups in total. The van der Waals surface area contributed by atoms with Gasteiger partial charge in [0, 0.05) is 59.6 Å². The molecule has 2 atom stereocenters. The number of aromatic nitrogens is 1. The topological polar surface area (TPSA) is 51.4 Å². The van der Waals surface area contributed by atoms with E-state index in [2.05, 4.69) is 23.9 Å². The number of methoxy groups -OCH3 is 1. The molecule has 112 valence electrons. The molecule has 1 aliphatic heterocycles. The standard InChI is InChI=1S/C15H25N3OS/c1-10-8-17-13(11(2)15(10)19-4)7-12(16)14-9-20-6-5-18(14)3/h8,12,14H,5-7,9,16H2,1-4H3. The van der Waals surface area contributed by atoms with Crippen molar-refractivity contribution in [3.8, 4) is 5.75 Å². The van der Waals surface area contributed by atoms with Gasteiger partial charge in [-0.1, -0.05) is 0 Å². The van der Waals surface area contributed by atoms with Gasteiger partial charge >= 0.3 is 0 Å². The van der Waals surface area contributed by atoms with E-state index in [0.29, 0.717) is 6.04 Å². The van der Waals surface area contributed by atoms with E-state index in [0.717, 1.165) is 41.3 Å². The van der Waals surface area contributed by atoms with Crippen molar-refractivity contribution in [1.29, 1.82) is 0 Å². The minimum absolute atomic E-state index is 0.117. The highest BCUT2D eigenvalue weighted by molar-refractivity contribution is 7.99. The maximum Gasteiger partial charge on any atom is 0.128 e. The number of likely N-dealkylation sites (N-methyl/N-ethyl adjacent to an activating group) is 1. The summed E-state index contributed by atoms with van der Waals surface area (Å²) in [4.78, 5) is 6.94. The van der Waals surface area contributed by atoms with Crippen LogP contribution in [-0.4, -0.2) is 54.2 Å². The number of pyridine rings is 1. The van der Waals surface area contributed by atoms with Crippen LogP contribution in [0.5, 0.6) is 5.75 Å². The molecule has 20 heavy (non-hydrogen) atoms. The largest absolute Gasteiger partial charge is 0.496 e. The van der Waals surface area contributed by atoms with Gasteiger partial charge < -0.3 is 15.4 Å². The molecule has 1 fully saturated rings. The summed E-state index contributed by atoms with van der Waals surface area (Å²) < 4.78 is 5.47. The molecule has 0 spiro atoms. The molecule has 2 rings (SSSR count). The second-order valence-electron chi connectivity index (χ2n) is 5.54. The Morgan fingerprint density at radius 2 is 2.30 bits per heavy atom. The molecule has 0 amide bonds. The van der Waals surface area contributed by atoms with E-state index in [-0.39, 0.29) is 6.04 Å². The summed E-state index contributed by atoms with van der Waals surface area (Å²) in [6.45, 7) is 5.21. The Bertz CT molecular complexity index is 467. The fourth-order valence-electron chi connectivity index (χ4n) is 2.79. The van der Waals surface area contributed by atoms with Crippen molar-refractivity contribution in [2.45, 2.75) is 32.4 Å². The van der Waals surface area contributed by atoms with Crippen molar-refractivity contribution in [1.82, 2.24) is 9.88 Å². The molecule has 0 aromatic carbocycles. The molecule has 1 saturated heterocycles. The number of ether oxygens (including phenoxy) is 1. The third-order valence-electron chi connectivity index (χ3n) is 4.12. The minimum atomic E-state index is 0.117. The number of aryl methyl sites for hydroxylation is 1. The first-order chi connectivity index (χ1) is 9.54. The van der Waals surface area contributed by atoms with Crippen LogP contribution in [0.1, 0.15) is 16.8 Å². The molecule has 0 radical (unpaired) electrons. The lowest BCUT2D eigenvalue weighted by Crippen LogP contribution is -2.51. The lowest BCUT2D eigenvalue weighted by Gasteiger charge is -2.36. The number of nitrogens with zero attached hydrogens (tertiary/aromatic N) is 2. The fraction of sp³-hybridized carbons (Fsp3) is 0.667. The Kier molecular flexibility index (Phi) is 5.29. The van der Waals surface area contributed by atoms with Crippen LogP contribution >= 0.6 is 11.8 Å². The third-order valence-corrected chi connectivity index (χ3v) is 5.16. The molecule has 1 aliphatic rings. The second kappa shape index (κ2) is 6.78. The molecule has 0 bridgehead atoms. The SMILES string of the molecule is COc1c(C)cnc(CC(N)C2CSCCN2C)c1C. The van der Waals surface area contributed by atoms with E-state index in [4.69, 9.17) is 10.5 Å². The van der Waals surface area contributed by atoms with Crippen LogP contribution in [0.25, 0.3) is 0 Å². The minimum Gasteiger partial charge on any atom is -0.496 e. The van der Waals surface area contributed by atoms with Gasteiger partial charge in [-0.15, -0.1) is 0 Å². The van der Waals surface area contributed by atoms with Gasteiger partial charge in [-0.25, -0.2) is 0 Å². The summed E-state index contributed by atoms with van der Waals surface area (Å²) in [5.41, 5.74) is 9.69. The molecule has 1 aromatic rings. The summed E-state index contributed by atoms with van der Waals surface area (Å²) in [7, 11) is 3.88. The van der Waals surface area contributed by atoms with Crippen LogP contribution in [0.3, 0.4) is 0 Å². The van der Waals surface area contributed by atoms with Crippen molar-refractivity contribution in [3.05, 3.63) is 23.0 Å². The predicted molar refractivity (Wildman–Crippen MR) is 85.7 cm³/mol. The summed E-state index contributed by atoms with van der Waals surface area (Å²) in [5.74, 6) is 3.25. The van der Waals surface area contributed by atoms with E-state index < -0.39 is 0 Å². The van der Waals surface area contributed by atoms with Crippen LogP contribution in [0.4, 0.5) is 0 Å². The van der Waals surface area contributed by atoms with Crippen molar-refractivity contribution in [2.24, 2.45) is 5.73 Å². The van der Waals surface area contributed by atoms with Crippen LogP contribution < -0.4 is 10.5 Å². The zero-order chi connectivity index (χ0) is 14.7. The fourth-order valence-corrected chi connectivity index (χ4v) is 4.12. The van der Waals surface area contributed by atoms with Gasteiger partial charge in [0.25, 0.3) is 0 Å². The zero-order valence-electron chi connectivity index (χ0n) is 12.8. The Balaban J connectivity index is 2.13. The molecule has 1 aromatic heterocycles. The molecule has 0 aliphatic carbocycles. The van der Waals surface area contributed by atoms with Crippen LogP contribution in [0, 0.1) is 13.8 Å². The lowest BCUT2D eigenvalue weighted by atomic mass is 10.00. The molecule has 2 unspecified atom stereocenters. The lowest BCUT2D eigenvalue weighted by molar-refractivity contribution is 0.234. The predicted octanol–water partition coefficient (Wildman–Crippen LogP) is 1.62. The van der Waals surface area contributed by atoms with Crippen LogP contribution in [0.15, 0.2) is 6.20 Å². The Hall–Kier alpha value is -0.780. The molecular weight excluding hydrogens is 270 g/mol. The monoisotopic (exact) mass is 295 g/mol. The smallest absolute Gasteiger partial charge is 0.128 e. The highest BCUT2D eigenvalue weighted by Crippen LogP contribution is 2.26. The van der Waals surface area contributed by atoms with Gasteiger partial charge in [-0.3, -0.25) is 4.98 Å². The Morgan fingerprint density at radius 1 is 1.55 bits per heavy atom. The van der Waals surface area contributed by atoms with Gasteiger partial charge in [0.1, 0.15) is 5.75 Å². The summed E-state index contributed by atoms with van der Waals surface area (Å²) in [6.07, 6.45) is 2.69. The normalized spacial score (nSPS) is 21.8. The Morgan fingerprint density at radius 3 is 2.95 bits per heavy atom. The average molecular weight is 295 g/mol. The van der Waals surface area contributed by atoms with Gasteiger partial charge in [-0.05, 0) is 20.9 Å². The zero-order valence-corrected chi connectivity index (χ0v) is 13.7. The first kappa shape index (κ1) is 15.6. The van der Waals surface area contributed by atoms with Crippen molar-refractivity contribution >= 4 is 11.8 Å². The Labute approximate surface area is 126 Å². The van der Waals surface area contributed by atoms with E-state index in [1.54, 1.807) is 7.11 Å². The summed E-state index contributed by atoms with van der Waals surface area (Å²) in [5, 5.41) is 0. The van der Waals surface area contributed by atoms with Gasteiger partial charge in [-0.2, -0.15) is 11.8 Å². The van der Waals surface area contributed by atoms with E-state index in [1.807, 2.05) is 24.9 Å². The quantitative estimate of drug-likeness (QED) is 0.915. The second-order valence-corrected chi connectivity index (χ2v) is 6.69. The van der Waals surface area contributed by atoms with Crippen molar-refractivity contribution in [2.75, 3.05) is 32.2 Å². The van der Waals surface area contributed by atoms with Crippen LogP contribution in [-0.2, 0) is 6.42 Å². The molecule has 4 nitrogen and oxygen atoms in total. The van der Waals surface area contributed by atoms with E-state index in [9.17, 15) is 0 Å². The highest BCUT2D eigenvalue weighted by atomic mass is 32.2. The third kappa shape index (κ3) is 3.27. The first-order valence-electron chi connectivity index (χ1n) is 7.07.